The summed E-state index contributed by atoms with van der Waals surface area (Å²) >= 11 is 0. The molecule has 0 aromatic heterocycles. The Hall–Kier alpha value is -4.23. The molecule has 0 radical (unpaired) electrons. The highest BCUT2D eigenvalue weighted by atomic mass is 16.6. The molecule has 0 saturated heterocycles. The molecule has 0 unspecified atom stereocenters. The van der Waals surface area contributed by atoms with Crippen LogP contribution in [0.15, 0.2) is 0 Å². The zero-order valence-corrected chi connectivity index (χ0v) is 44.5. The number of rotatable bonds is 17. The SMILES string of the molecule is CC[13CH2][C@@H]([15NH2])C(=O)O.CC[13CH2][C@@H]([15NH2])C(=O)O.CC[13CH2][C@@H]([15NH2])C(=O)OC(C)(C)C.CC[13CH2][C@@H]([15NH]C(=O)OC(C)(C)C)C(=O)OC(C)(C)C.CC[13CH2][C@@H]([15NH]C(=O)OC(C)(C)C)C(=O)OC(C)(C)C. The molecule has 66 heavy (non-hydrogen) atoms. The molecule has 2 amide bonds. The van der Waals surface area contributed by atoms with Crippen molar-refractivity contribution in [3.05, 3.63) is 0 Å². The number of esters is 3. The van der Waals surface area contributed by atoms with Gasteiger partial charge in [-0.2, -0.15) is 0 Å². The average molecular weight is 964 g/mol. The van der Waals surface area contributed by atoms with Crippen LogP contribution in [0.3, 0.4) is 0 Å². The lowest BCUT2D eigenvalue weighted by Crippen LogP contribution is -2.45. The number of alkyl carbamates (subject to hydrolysis) is 2. The van der Waals surface area contributed by atoms with Crippen LogP contribution in [0.25, 0.3) is 0 Å². The summed E-state index contributed by atoms with van der Waals surface area (Å²) in [6.45, 7) is 36.6. The van der Waals surface area contributed by atoms with Gasteiger partial charge in [-0.15, -0.1) is 0 Å². The molecule has 0 fully saturated rings. The minimum atomic E-state index is -0.910. The quantitative estimate of drug-likeness (QED) is 0.0315. The van der Waals surface area contributed by atoms with Crippen LogP contribution in [0, 0.1) is 0 Å². The molecule has 0 aliphatic heterocycles. The first-order valence-corrected chi connectivity index (χ1v) is 23.0. The van der Waals surface area contributed by atoms with E-state index in [2.05, 4.69) is 10.6 Å². The fraction of sp³-hybridized carbons (Fsp3) is 0.851. The average Bonchev–Trinajstić information content (AvgIpc) is 3.09. The summed E-state index contributed by atoms with van der Waals surface area (Å²) in [4.78, 5) is 78.4. The minimum absolute atomic E-state index is 0.302. The van der Waals surface area contributed by atoms with Crippen molar-refractivity contribution in [1.29, 1.82) is 0 Å². The van der Waals surface area contributed by atoms with Crippen LogP contribution >= 0.6 is 0 Å². The third-order valence-electron chi connectivity index (χ3n) is 7.06. The molecule has 19 nitrogen and oxygen atoms in total. The molecule has 10 N–H and O–H groups in total. The van der Waals surface area contributed by atoms with Gasteiger partial charge in [0.2, 0.25) is 0 Å². The zero-order valence-electron chi connectivity index (χ0n) is 44.5. The molecule has 0 aromatic rings. The van der Waals surface area contributed by atoms with E-state index in [1.807, 2.05) is 55.4 Å². The smallest absolute Gasteiger partial charge is 0.408 e. The molecule has 0 saturated carbocycles. The third kappa shape index (κ3) is 50.8. The maximum atomic E-state index is 12.0. The second-order valence-electron chi connectivity index (χ2n) is 20.4. The fourth-order valence-corrected chi connectivity index (χ4v) is 4.40. The van der Waals surface area contributed by atoms with E-state index in [-0.39, 0.29) is 5.97 Å². The van der Waals surface area contributed by atoms with Crippen LogP contribution < -0.4 is 27.8 Å². The summed E-state index contributed by atoms with van der Waals surface area (Å²) in [5.74, 6) is -2.98. The molecule has 0 spiro atoms. The topological polar surface area (TPSA) is 308 Å². The van der Waals surface area contributed by atoms with Crippen molar-refractivity contribution in [2.45, 2.75) is 261 Å². The third-order valence-corrected chi connectivity index (χ3v) is 7.06. The van der Waals surface area contributed by atoms with E-state index < -0.39 is 94.3 Å². The summed E-state index contributed by atoms with van der Waals surface area (Å²) in [7, 11) is 0. The highest BCUT2D eigenvalue weighted by molar-refractivity contribution is 5.82. The van der Waals surface area contributed by atoms with Crippen LogP contribution in [0.4, 0.5) is 9.59 Å². The molecular formula is C47H95N5O14. The number of carboxylic acids is 2. The Labute approximate surface area is 397 Å². The van der Waals surface area contributed by atoms with E-state index >= 15 is 0 Å². The lowest BCUT2D eigenvalue weighted by atomic mass is 10.2. The highest BCUT2D eigenvalue weighted by Gasteiger charge is 2.29. The van der Waals surface area contributed by atoms with Gasteiger partial charge in [0.05, 0.1) is 0 Å². The predicted octanol–water partition coefficient (Wildman–Crippen LogP) is 7.90. The highest BCUT2D eigenvalue weighted by Crippen LogP contribution is 2.14. The van der Waals surface area contributed by atoms with E-state index in [0.29, 0.717) is 32.1 Å². The summed E-state index contributed by atoms with van der Waals surface area (Å²) in [6.07, 6.45) is 5.75. The number of hydrogen-bond acceptors (Lipinski definition) is 15. The molecule has 392 valence electrons. The normalized spacial score (nSPS) is 13.6. The van der Waals surface area contributed by atoms with Gasteiger partial charge >= 0.3 is 42.0 Å². The maximum absolute atomic E-state index is 12.0. The van der Waals surface area contributed by atoms with Crippen LogP contribution in [-0.4, -0.2) is 110 Å². The molecule has 0 aromatic carbocycles. The van der Waals surface area contributed by atoms with Gasteiger partial charge in [0.15, 0.2) is 0 Å². The number of nitrogens with one attached hydrogen (secondary N) is 2. The summed E-state index contributed by atoms with van der Waals surface area (Å²) < 4.78 is 25.9. The van der Waals surface area contributed by atoms with Gasteiger partial charge in [0.1, 0.15) is 58.2 Å². The van der Waals surface area contributed by atoms with Crippen LogP contribution in [0.1, 0.15) is 203 Å². The molecule has 0 bridgehead atoms. The Morgan fingerprint density at radius 3 is 0.773 bits per heavy atom. The molecule has 0 aliphatic carbocycles. The first-order chi connectivity index (χ1) is 29.6. The van der Waals surface area contributed by atoms with Crippen LogP contribution in [0.2, 0.25) is 0 Å². The molecule has 0 rings (SSSR count). The van der Waals surface area contributed by atoms with Gasteiger partial charge in [-0.05, 0) is 136 Å². The van der Waals surface area contributed by atoms with E-state index in [0.717, 1.165) is 32.1 Å². The first-order valence-electron chi connectivity index (χ1n) is 23.0. The van der Waals surface area contributed by atoms with Crippen molar-refractivity contribution in [2.75, 3.05) is 0 Å². The van der Waals surface area contributed by atoms with Gasteiger partial charge in [0.25, 0.3) is 0 Å². The second-order valence-corrected chi connectivity index (χ2v) is 20.4. The largest absolute Gasteiger partial charge is 0.480 e. The molecule has 0 aliphatic rings. The Bertz CT molecular complexity index is 1310. The Balaban J connectivity index is -0.000000246. The van der Waals surface area contributed by atoms with Crippen molar-refractivity contribution in [2.24, 2.45) is 17.2 Å². The van der Waals surface area contributed by atoms with E-state index in [1.54, 1.807) is 83.1 Å². The van der Waals surface area contributed by atoms with E-state index in [9.17, 15) is 33.6 Å². The fourth-order valence-electron chi connectivity index (χ4n) is 4.40. The number of nitrogens with two attached hydrogens (primary N) is 3. The van der Waals surface area contributed by atoms with Crippen molar-refractivity contribution in [1.82, 2.24) is 10.6 Å². The number of ether oxygens (including phenoxy) is 5. The number of carbonyl (C=O) groups is 7. The number of hydrogen-bond donors (Lipinski definition) is 7. The van der Waals surface area contributed by atoms with E-state index in [1.165, 1.54) is 0 Å². The number of amides is 2. The molecular weight excluding hydrogens is 868 g/mol. The monoisotopic (exact) mass is 964 g/mol. The molecule has 19 heteroatoms. The summed E-state index contributed by atoms with van der Waals surface area (Å²) in [5.41, 5.74) is 13.1. The van der Waals surface area contributed by atoms with Crippen LogP contribution in [0.5, 0.6) is 0 Å². The number of aliphatic carboxylic acids is 2. The van der Waals surface area contributed by atoms with Gasteiger partial charge in [0, 0.05) is 0 Å². The van der Waals surface area contributed by atoms with Crippen molar-refractivity contribution >= 4 is 42.0 Å². The Morgan fingerprint density at radius 1 is 0.379 bits per heavy atom. The van der Waals surface area contributed by atoms with E-state index in [4.69, 9.17) is 51.1 Å². The summed E-state index contributed by atoms with van der Waals surface area (Å²) in [5, 5.41) is 21.5. The van der Waals surface area contributed by atoms with Crippen molar-refractivity contribution < 1.29 is 67.5 Å². The Kier molecular flexibility index (Phi) is 37.5. The minimum Gasteiger partial charge on any atom is -0.480 e. The second kappa shape index (κ2) is 35.0. The molecule has 0 heterocycles. The Morgan fingerprint density at radius 2 is 0.591 bits per heavy atom. The predicted molar refractivity (Wildman–Crippen MR) is 258 cm³/mol. The van der Waals surface area contributed by atoms with Crippen molar-refractivity contribution in [3.63, 3.8) is 0 Å². The lowest BCUT2D eigenvalue weighted by Gasteiger charge is -2.26. The number of carboxylic acid groups (broad SMARTS) is 2. The van der Waals surface area contributed by atoms with Crippen LogP contribution in [-0.2, 0) is 47.7 Å². The first kappa shape index (κ1) is 70.8. The maximum Gasteiger partial charge on any atom is 0.408 e. The summed E-state index contributed by atoms with van der Waals surface area (Å²) in [6, 6.07) is -3.13. The lowest BCUT2D eigenvalue weighted by molar-refractivity contribution is -0.158. The standard InChI is InChI=1S/2C14H27NO4.C9H19NO2.2C5H11NO2/c2*1-8-9-10(11(16)18-13(2,3)4)15-12(17)19-14(5,6)7;1-5-6-7(10)8(11)12-9(2,3)4;2*1-2-3-4(6)5(7)8/h2*10H,8-9H2,1-7H3,(H,15,17);7H,5-6,10H2,1-4H3;2*4H,2-3,6H2,1H3,(H,7,8)/t2*10-;7-;2*4-/m11111/s1/i2*9+1,15+1;6+1,10+1;2*3+1,6+1. The molecule has 5 atom stereocenters. The van der Waals surface area contributed by atoms with Gasteiger partial charge in [-0.25, -0.2) is 19.2 Å². The van der Waals surface area contributed by atoms with Crippen molar-refractivity contribution in [3.8, 4) is 0 Å². The van der Waals surface area contributed by atoms with Gasteiger partial charge in [-0.1, -0.05) is 66.7 Å². The van der Waals surface area contributed by atoms with Gasteiger partial charge < -0.3 is 61.7 Å². The zero-order chi connectivity index (χ0) is 53.4. The number of carbonyl (C=O) groups excluding carboxylic acids is 5. The van der Waals surface area contributed by atoms with Gasteiger partial charge in [-0.3, -0.25) is 14.4 Å².